The molecule has 1 heterocycles. The Bertz CT molecular complexity index is 130. The zero-order valence-corrected chi connectivity index (χ0v) is 7.65. The maximum atomic E-state index is 11.3. The van der Waals surface area contributed by atoms with Gasteiger partial charge < -0.3 is 4.74 Å². The molecule has 1 fully saturated rings. The highest BCUT2D eigenvalue weighted by atomic mass is 32.2. The number of carbonyl (C=O) groups excluding carboxylic acids is 1. The topological polar surface area (TPSA) is 26.3 Å². The van der Waals surface area contributed by atoms with Gasteiger partial charge in [0.05, 0.1) is 12.4 Å². The van der Waals surface area contributed by atoms with E-state index in [1.165, 1.54) is 0 Å². The Morgan fingerprint density at radius 3 is 3.09 bits per heavy atom. The molecule has 3 heteroatoms. The second-order valence-corrected chi connectivity index (χ2v) is 3.94. The molecule has 0 spiro atoms. The third-order valence-corrected chi connectivity index (χ3v) is 2.73. The zero-order chi connectivity index (χ0) is 8.10. The Morgan fingerprint density at radius 2 is 2.55 bits per heavy atom. The summed E-state index contributed by atoms with van der Waals surface area (Å²) >= 11 is 1.70. The fraction of sp³-hybridized carbons (Fsp3) is 0.875. The van der Waals surface area contributed by atoms with Crippen molar-refractivity contribution in [2.45, 2.75) is 13.3 Å². The predicted molar refractivity (Wildman–Crippen MR) is 46.9 cm³/mol. The number of hydrogen-bond acceptors (Lipinski definition) is 3. The standard InChI is InChI=1S/C8H14O2S/c1-2-11-6-8(9)7-3-4-10-5-7/h7H,2-6H2,1H3. The zero-order valence-electron chi connectivity index (χ0n) is 6.84. The Hall–Kier alpha value is -0.0200. The monoisotopic (exact) mass is 174 g/mol. The number of Topliss-reactive ketones (excluding diaryl/α,β-unsaturated/α-hetero) is 1. The van der Waals surface area contributed by atoms with Crippen molar-refractivity contribution in [1.29, 1.82) is 0 Å². The largest absolute Gasteiger partial charge is 0.381 e. The summed E-state index contributed by atoms with van der Waals surface area (Å²) in [5, 5.41) is 0. The van der Waals surface area contributed by atoms with E-state index < -0.39 is 0 Å². The summed E-state index contributed by atoms with van der Waals surface area (Å²) in [6.45, 7) is 3.50. The summed E-state index contributed by atoms with van der Waals surface area (Å²) in [5.41, 5.74) is 0. The van der Waals surface area contributed by atoms with E-state index in [0.29, 0.717) is 18.1 Å². The third kappa shape index (κ3) is 2.83. The smallest absolute Gasteiger partial charge is 0.148 e. The fourth-order valence-corrected chi connectivity index (χ4v) is 1.75. The number of rotatable bonds is 4. The highest BCUT2D eigenvalue weighted by Gasteiger charge is 2.22. The van der Waals surface area contributed by atoms with Gasteiger partial charge in [0, 0.05) is 12.5 Å². The van der Waals surface area contributed by atoms with E-state index in [1.54, 1.807) is 11.8 Å². The number of carbonyl (C=O) groups is 1. The van der Waals surface area contributed by atoms with Crippen molar-refractivity contribution in [2.75, 3.05) is 24.7 Å². The summed E-state index contributed by atoms with van der Waals surface area (Å²) in [4.78, 5) is 11.3. The maximum absolute atomic E-state index is 11.3. The normalized spacial score (nSPS) is 23.9. The molecule has 0 radical (unpaired) electrons. The molecule has 1 aliphatic heterocycles. The van der Waals surface area contributed by atoms with Crippen LogP contribution in [0.3, 0.4) is 0 Å². The Labute approximate surface area is 71.7 Å². The molecule has 1 saturated heterocycles. The number of hydrogen-bond donors (Lipinski definition) is 0. The summed E-state index contributed by atoms with van der Waals surface area (Å²) in [5.74, 6) is 2.27. The van der Waals surface area contributed by atoms with Gasteiger partial charge in [-0.05, 0) is 12.2 Å². The van der Waals surface area contributed by atoms with Gasteiger partial charge >= 0.3 is 0 Å². The van der Waals surface area contributed by atoms with E-state index in [4.69, 9.17) is 4.74 Å². The molecule has 0 amide bonds. The van der Waals surface area contributed by atoms with Crippen LogP contribution in [-0.4, -0.2) is 30.5 Å². The average Bonchev–Trinajstić information content (AvgIpc) is 2.52. The van der Waals surface area contributed by atoms with Crippen molar-refractivity contribution in [2.24, 2.45) is 5.92 Å². The molecule has 0 saturated carbocycles. The highest BCUT2D eigenvalue weighted by molar-refractivity contribution is 7.99. The van der Waals surface area contributed by atoms with Gasteiger partial charge in [0.2, 0.25) is 0 Å². The van der Waals surface area contributed by atoms with Gasteiger partial charge in [-0.3, -0.25) is 4.79 Å². The van der Waals surface area contributed by atoms with E-state index in [9.17, 15) is 4.79 Å². The molecule has 1 aliphatic rings. The van der Waals surface area contributed by atoms with Gasteiger partial charge in [0.25, 0.3) is 0 Å². The van der Waals surface area contributed by atoms with Crippen LogP contribution in [0.4, 0.5) is 0 Å². The molecule has 0 aromatic carbocycles. The minimum Gasteiger partial charge on any atom is -0.381 e. The SMILES string of the molecule is CCSCC(=O)C1CCOC1. The van der Waals surface area contributed by atoms with E-state index in [-0.39, 0.29) is 5.92 Å². The quantitative estimate of drug-likeness (QED) is 0.643. The molecule has 0 aromatic heterocycles. The summed E-state index contributed by atoms with van der Waals surface area (Å²) in [6.07, 6.45) is 0.934. The third-order valence-electron chi connectivity index (χ3n) is 1.83. The molecule has 64 valence electrons. The van der Waals surface area contributed by atoms with Crippen molar-refractivity contribution >= 4 is 17.5 Å². The lowest BCUT2D eigenvalue weighted by molar-refractivity contribution is -0.120. The predicted octanol–water partition coefficient (Wildman–Crippen LogP) is 1.35. The molecule has 1 rings (SSSR count). The van der Waals surface area contributed by atoms with Crippen LogP contribution in [-0.2, 0) is 9.53 Å². The minimum atomic E-state index is 0.203. The number of thioether (sulfide) groups is 1. The van der Waals surface area contributed by atoms with Gasteiger partial charge in [-0.2, -0.15) is 11.8 Å². The van der Waals surface area contributed by atoms with Crippen molar-refractivity contribution in [3.8, 4) is 0 Å². The van der Waals surface area contributed by atoms with Crippen LogP contribution in [0.2, 0.25) is 0 Å². The molecular formula is C8H14O2S. The van der Waals surface area contributed by atoms with Crippen LogP contribution in [0.1, 0.15) is 13.3 Å². The van der Waals surface area contributed by atoms with Crippen LogP contribution in [0, 0.1) is 5.92 Å². The second kappa shape index (κ2) is 4.78. The Balaban J connectivity index is 2.17. The molecule has 0 bridgehead atoms. The van der Waals surface area contributed by atoms with Crippen molar-refractivity contribution in [1.82, 2.24) is 0 Å². The summed E-state index contributed by atoms with van der Waals surface area (Å²) in [7, 11) is 0. The van der Waals surface area contributed by atoms with Crippen molar-refractivity contribution in [3.63, 3.8) is 0 Å². The first-order chi connectivity index (χ1) is 5.34. The van der Waals surface area contributed by atoms with E-state index in [2.05, 4.69) is 6.92 Å². The van der Waals surface area contributed by atoms with Gasteiger partial charge in [0.15, 0.2) is 0 Å². The lowest BCUT2D eigenvalue weighted by Gasteiger charge is -2.03. The van der Waals surface area contributed by atoms with Crippen molar-refractivity contribution in [3.05, 3.63) is 0 Å². The van der Waals surface area contributed by atoms with Gasteiger partial charge in [-0.1, -0.05) is 6.92 Å². The molecule has 1 atom stereocenters. The van der Waals surface area contributed by atoms with E-state index >= 15 is 0 Å². The molecule has 0 aromatic rings. The number of ether oxygens (including phenoxy) is 1. The first-order valence-corrected chi connectivity index (χ1v) is 5.18. The lowest BCUT2D eigenvalue weighted by Crippen LogP contribution is -2.16. The summed E-state index contributed by atoms with van der Waals surface area (Å²) in [6, 6.07) is 0. The van der Waals surface area contributed by atoms with Crippen LogP contribution in [0.25, 0.3) is 0 Å². The van der Waals surface area contributed by atoms with Crippen LogP contribution in [0.15, 0.2) is 0 Å². The maximum Gasteiger partial charge on any atom is 0.148 e. The van der Waals surface area contributed by atoms with Gasteiger partial charge in [0.1, 0.15) is 5.78 Å². The van der Waals surface area contributed by atoms with Gasteiger partial charge in [-0.25, -0.2) is 0 Å². The van der Waals surface area contributed by atoms with E-state index in [0.717, 1.165) is 18.8 Å². The Kier molecular flexibility index (Phi) is 3.94. The minimum absolute atomic E-state index is 0.203. The molecule has 2 nitrogen and oxygen atoms in total. The number of ketones is 1. The van der Waals surface area contributed by atoms with Crippen LogP contribution >= 0.6 is 11.8 Å². The summed E-state index contributed by atoms with van der Waals surface area (Å²) < 4.78 is 5.13. The first-order valence-electron chi connectivity index (χ1n) is 4.02. The highest BCUT2D eigenvalue weighted by Crippen LogP contribution is 2.15. The van der Waals surface area contributed by atoms with Crippen LogP contribution in [0.5, 0.6) is 0 Å². The second-order valence-electron chi connectivity index (χ2n) is 2.66. The molecule has 0 aliphatic carbocycles. The Morgan fingerprint density at radius 1 is 1.73 bits per heavy atom. The fourth-order valence-electron chi connectivity index (χ4n) is 1.11. The van der Waals surface area contributed by atoms with Crippen molar-refractivity contribution < 1.29 is 9.53 Å². The molecular weight excluding hydrogens is 160 g/mol. The average molecular weight is 174 g/mol. The van der Waals surface area contributed by atoms with Crippen LogP contribution < -0.4 is 0 Å². The first kappa shape index (κ1) is 9.07. The van der Waals surface area contributed by atoms with Gasteiger partial charge in [-0.15, -0.1) is 0 Å². The lowest BCUT2D eigenvalue weighted by atomic mass is 10.1. The molecule has 11 heavy (non-hydrogen) atoms. The molecule has 1 unspecified atom stereocenters. The van der Waals surface area contributed by atoms with E-state index in [1.807, 2.05) is 0 Å². The molecule has 0 N–H and O–H groups in total.